The standard InChI is InChI=1S/C14H15NO2/c1-13-9-11-7-8-15(13)14(11,17-12(13)16)10-5-3-2-4-6-10/h2-6,11H,7-9H2,1H3/t11-,13-,14-/m1/s1. The van der Waals surface area contributed by atoms with Gasteiger partial charge in [-0.1, -0.05) is 30.3 Å². The van der Waals surface area contributed by atoms with E-state index < -0.39 is 5.72 Å². The fourth-order valence-electron chi connectivity index (χ4n) is 4.02. The second kappa shape index (κ2) is 2.72. The average molecular weight is 229 g/mol. The number of rotatable bonds is 1. The summed E-state index contributed by atoms with van der Waals surface area (Å²) in [4.78, 5) is 14.3. The molecule has 3 aliphatic heterocycles. The van der Waals surface area contributed by atoms with Gasteiger partial charge in [-0.15, -0.1) is 0 Å². The van der Waals surface area contributed by atoms with E-state index in [-0.39, 0.29) is 11.5 Å². The molecule has 3 fully saturated rings. The Kier molecular flexibility index (Phi) is 1.55. The van der Waals surface area contributed by atoms with Crippen LogP contribution in [-0.2, 0) is 15.3 Å². The van der Waals surface area contributed by atoms with Gasteiger partial charge in [-0.25, -0.2) is 9.69 Å². The molecule has 1 aromatic carbocycles. The molecule has 0 saturated carbocycles. The second-order valence-corrected chi connectivity index (χ2v) is 5.57. The number of carbonyl (C=O) groups is 1. The molecule has 4 bridgehead atoms. The van der Waals surface area contributed by atoms with Gasteiger partial charge in [-0.05, 0) is 19.8 Å². The largest absolute Gasteiger partial charge is 0.438 e. The minimum absolute atomic E-state index is 0.0442. The van der Waals surface area contributed by atoms with Gasteiger partial charge in [0.1, 0.15) is 5.54 Å². The number of nitrogens with zero attached hydrogens (tertiary/aromatic N) is 1. The molecule has 88 valence electrons. The lowest BCUT2D eigenvalue weighted by Crippen LogP contribution is -2.45. The lowest BCUT2D eigenvalue weighted by Gasteiger charge is -2.31. The third kappa shape index (κ3) is 0.879. The Morgan fingerprint density at radius 3 is 2.82 bits per heavy atom. The summed E-state index contributed by atoms with van der Waals surface area (Å²) in [5, 5.41) is 0. The lowest BCUT2D eigenvalue weighted by molar-refractivity contribution is -0.164. The molecule has 1 unspecified atom stereocenters. The smallest absolute Gasteiger partial charge is 0.328 e. The highest BCUT2D eigenvalue weighted by Crippen LogP contribution is 2.62. The van der Waals surface area contributed by atoms with Gasteiger partial charge in [0.15, 0.2) is 5.72 Å². The Morgan fingerprint density at radius 2 is 2.12 bits per heavy atom. The van der Waals surface area contributed by atoms with Gasteiger partial charge in [-0.2, -0.15) is 0 Å². The number of carbonyl (C=O) groups excluding carboxylic acids is 1. The highest BCUT2D eigenvalue weighted by atomic mass is 16.6. The average Bonchev–Trinajstić information content (AvgIpc) is 2.89. The summed E-state index contributed by atoms with van der Waals surface area (Å²) >= 11 is 0. The van der Waals surface area contributed by atoms with E-state index in [0.717, 1.165) is 24.9 Å². The van der Waals surface area contributed by atoms with E-state index in [1.807, 2.05) is 25.1 Å². The third-order valence-electron chi connectivity index (χ3n) is 4.77. The molecule has 3 aliphatic rings. The zero-order chi connectivity index (χ0) is 11.7. The van der Waals surface area contributed by atoms with Crippen LogP contribution in [0.3, 0.4) is 0 Å². The van der Waals surface area contributed by atoms with Gasteiger partial charge < -0.3 is 4.74 Å². The zero-order valence-electron chi connectivity index (χ0n) is 9.85. The molecule has 17 heavy (non-hydrogen) atoms. The number of esters is 1. The zero-order valence-corrected chi connectivity index (χ0v) is 9.85. The van der Waals surface area contributed by atoms with E-state index >= 15 is 0 Å². The predicted molar refractivity (Wildman–Crippen MR) is 62.0 cm³/mol. The van der Waals surface area contributed by atoms with Crippen molar-refractivity contribution in [3.8, 4) is 0 Å². The van der Waals surface area contributed by atoms with Crippen LogP contribution in [0.2, 0.25) is 0 Å². The Balaban J connectivity index is 1.93. The van der Waals surface area contributed by atoms with Crippen molar-refractivity contribution >= 4 is 5.97 Å². The molecule has 0 aromatic heterocycles. The van der Waals surface area contributed by atoms with E-state index in [1.54, 1.807) is 0 Å². The normalized spacial score (nSPS) is 46.3. The summed E-state index contributed by atoms with van der Waals surface area (Å²) < 4.78 is 5.81. The van der Waals surface area contributed by atoms with Crippen molar-refractivity contribution in [2.75, 3.05) is 6.54 Å². The molecule has 0 radical (unpaired) electrons. The Labute approximate surface area is 100 Å². The molecule has 1 aromatic rings. The van der Waals surface area contributed by atoms with Crippen LogP contribution >= 0.6 is 0 Å². The maximum Gasteiger partial charge on any atom is 0.328 e. The SMILES string of the molecule is C[C@]12C[C@H]3CCN1[C@]3(c1ccccc1)OC2=O. The molecule has 3 saturated heterocycles. The van der Waals surface area contributed by atoms with Crippen LogP contribution in [0, 0.1) is 5.92 Å². The molecule has 3 heterocycles. The summed E-state index contributed by atoms with van der Waals surface area (Å²) in [5.41, 5.74) is 0.309. The Bertz CT molecular complexity index is 500. The number of ether oxygens (including phenoxy) is 1. The summed E-state index contributed by atoms with van der Waals surface area (Å²) in [5.74, 6) is 0.421. The van der Waals surface area contributed by atoms with Crippen molar-refractivity contribution in [1.82, 2.24) is 4.90 Å². The van der Waals surface area contributed by atoms with Crippen molar-refractivity contribution in [2.45, 2.75) is 31.0 Å². The topological polar surface area (TPSA) is 29.5 Å². The predicted octanol–water partition coefficient (Wildman–Crippen LogP) is 1.88. The van der Waals surface area contributed by atoms with Gasteiger partial charge in [0.05, 0.1) is 0 Å². The highest BCUT2D eigenvalue weighted by Gasteiger charge is 2.73. The van der Waals surface area contributed by atoms with Gasteiger partial charge in [0.25, 0.3) is 0 Å². The summed E-state index contributed by atoms with van der Waals surface area (Å²) in [7, 11) is 0. The maximum absolute atomic E-state index is 12.1. The minimum Gasteiger partial charge on any atom is -0.438 e. The van der Waals surface area contributed by atoms with E-state index in [9.17, 15) is 4.79 Å². The first-order chi connectivity index (χ1) is 8.18. The van der Waals surface area contributed by atoms with Gasteiger partial charge in [0, 0.05) is 18.0 Å². The molecule has 3 nitrogen and oxygen atoms in total. The summed E-state index contributed by atoms with van der Waals surface area (Å²) in [6.45, 7) is 3.00. The minimum atomic E-state index is -0.451. The van der Waals surface area contributed by atoms with E-state index in [2.05, 4.69) is 17.0 Å². The second-order valence-electron chi connectivity index (χ2n) is 5.57. The third-order valence-corrected chi connectivity index (χ3v) is 4.77. The first-order valence-corrected chi connectivity index (χ1v) is 6.25. The van der Waals surface area contributed by atoms with Crippen LogP contribution in [0.1, 0.15) is 25.3 Å². The van der Waals surface area contributed by atoms with Crippen molar-refractivity contribution in [3.63, 3.8) is 0 Å². The number of benzene rings is 1. The number of hydrogen-bond acceptors (Lipinski definition) is 3. The van der Waals surface area contributed by atoms with Crippen LogP contribution < -0.4 is 0 Å². The quantitative estimate of drug-likeness (QED) is 0.689. The molecule has 0 N–H and O–H groups in total. The maximum atomic E-state index is 12.1. The molecule has 0 amide bonds. The van der Waals surface area contributed by atoms with Crippen LogP contribution in [0.15, 0.2) is 30.3 Å². The first kappa shape index (κ1) is 9.66. The first-order valence-electron chi connectivity index (χ1n) is 6.25. The molecular formula is C14H15NO2. The van der Waals surface area contributed by atoms with Crippen molar-refractivity contribution in [1.29, 1.82) is 0 Å². The molecular weight excluding hydrogens is 214 g/mol. The van der Waals surface area contributed by atoms with E-state index in [0.29, 0.717) is 5.92 Å². The molecule has 0 spiro atoms. The van der Waals surface area contributed by atoms with Crippen LogP contribution in [0.4, 0.5) is 0 Å². The monoisotopic (exact) mass is 229 g/mol. The van der Waals surface area contributed by atoms with Crippen LogP contribution in [0.25, 0.3) is 0 Å². The fourth-order valence-corrected chi connectivity index (χ4v) is 4.02. The number of hydrogen-bond donors (Lipinski definition) is 0. The summed E-state index contributed by atoms with van der Waals surface area (Å²) in [6, 6.07) is 10.2. The van der Waals surface area contributed by atoms with Crippen molar-refractivity contribution in [2.24, 2.45) is 5.92 Å². The molecule has 4 atom stereocenters. The van der Waals surface area contributed by atoms with Gasteiger partial charge in [0.2, 0.25) is 0 Å². The van der Waals surface area contributed by atoms with Gasteiger partial charge in [-0.3, -0.25) is 0 Å². The van der Waals surface area contributed by atoms with E-state index in [4.69, 9.17) is 4.74 Å². The lowest BCUT2D eigenvalue weighted by atomic mass is 9.83. The Morgan fingerprint density at radius 1 is 1.35 bits per heavy atom. The molecule has 4 rings (SSSR count). The number of piperidine rings is 1. The van der Waals surface area contributed by atoms with Crippen LogP contribution in [0.5, 0.6) is 0 Å². The molecule has 0 aliphatic carbocycles. The fraction of sp³-hybridized carbons (Fsp3) is 0.500. The summed E-state index contributed by atoms with van der Waals surface area (Å²) in [6.07, 6.45) is 2.08. The highest BCUT2D eigenvalue weighted by molar-refractivity contribution is 5.85. The van der Waals surface area contributed by atoms with Crippen molar-refractivity contribution < 1.29 is 9.53 Å². The van der Waals surface area contributed by atoms with Gasteiger partial charge >= 0.3 is 5.97 Å². The van der Waals surface area contributed by atoms with Crippen LogP contribution in [-0.4, -0.2) is 23.0 Å². The molecule has 3 heteroatoms. The van der Waals surface area contributed by atoms with Crippen molar-refractivity contribution in [3.05, 3.63) is 35.9 Å². The Hall–Kier alpha value is -1.35. The van der Waals surface area contributed by atoms with E-state index in [1.165, 1.54) is 0 Å².